The molecule has 3 rings (SSSR count). The number of carbonyl (C=O) groups excluding carboxylic acids is 2. The van der Waals surface area contributed by atoms with Crippen LogP contribution in [0.1, 0.15) is 42.3 Å². The van der Waals surface area contributed by atoms with Gasteiger partial charge in [-0.05, 0) is 28.7 Å². The second-order valence-electron chi connectivity index (χ2n) is 7.32. The highest BCUT2D eigenvalue weighted by molar-refractivity contribution is 6.42. The van der Waals surface area contributed by atoms with Crippen molar-refractivity contribution < 1.29 is 19.1 Å². The number of amides is 1. The van der Waals surface area contributed by atoms with Crippen LogP contribution in [0, 0.1) is 0 Å². The van der Waals surface area contributed by atoms with Crippen molar-refractivity contribution in [2.24, 2.45) is 0 Å². The van der Waals surface area contributed by atoms with Crippen molar-refractivity contribution in [1.82, 2.24) is 5.32 Å². The largest absolute Gasteiger partial charge is 0.486 e. The number of hydrogen-bond donors (Lipinski definition) is 1. The lowest BCUT2D eigenvalue weighted by Gasteiger charge is -2.19. The van der Waals surface area contributed by atoms with Gasteiger partial charge in [-0.15, -0.1) is 0 Å². The summed E-state index contributed by atoms with van der Waals surface area (Å²) in [5.74, 6) is 0.194. The van der Waals surface area contributed by atoms with Crippen molar-refractivity contribution in [3.63, 3.8) is 0 Å². The summed E-state index contributed by atoms with van der Waals surface area (Å²) in [6.45, 7) is 7.59. The van der Waals surface area contributed by atoms with E-state index in [0.717, 1.165) is 11.1 Å². The van der Waals surface area contributed by atoms with Crippen LogP contribution in [0.15, 0.2) is 42.5 Å². The molecule has 5 heteroatoms. The van der Waals surface area contributed by atoms with Crippen molar-refractivity contribution in [3.8, 4) is 11.5 Å². The zero-order valence-corrected chi connectivity index (χ0v) is 15.3. The van der Waals surface area contributed by atoms with Crippen molar-refractivity contribution in [1.29, 1.82) is 0 Å². The van der Waals surface area contributed by atoms with Gasteiger partial charge in [0.05, 0.1) is 0 Å². The molecule has 26 heavy (non-hydrogen) atoms. The molecule has 0 fully saturated rings. The second-order valence-corrected chi connectivity index (χ2v) is 7.32. The number of ether oxygens (including phenoxy) is 2. The van der Waals surface area contributed by atoms with E-state index in [2.05, 4.69) is 26.1 Å². The van der Waals surface area contributed by atoms with Crippen LogP contribution in [-0.4, -0.2) is 24.9 Å². The average molecular weight is 353 g/mol. The summed E-state index contributed by atoms with van der Waals surface area (Å²) in [5, 5.41) is 2.66. The first-order valence-corrected chi connectivity index (χ1v) is 8.66. The standard InChI is InChI=1S/C21H23NO4/c1-21(2,3)16-7-5-15(6-8-16)19(23)20(24)22-13-14-4-9-17-18(12-14)26-11-10-25-17/h4-9,12H,10-11,13H2,1-3H3,(H,22,24). The summed E-state index contributed by atoms with van der Waals surface area (Å²) in [6, 6.07) is 12.7. The Labute approximate surface area is 153 Å². The molecule has 0 aliphatic carbocycles. The van der Waals surface area contributed by atoms with E-state index in [4.69, 9.17) is 9.47 Å². The molecule has 1 heterocycles. The summed E-state index contributed by atoms with van der Waals surface area (Å²) >= 11 is 0. The number of ketones is 1. The lowest BCUT2D eigenvalue weighted by atomic mass is 9.86. The summed E-state index contributed by atoms with van der Waals surface area (Å²) in [7, 11) is 0. The molecule has 136 valence electrons. The van der Waals surface area contributed by atoms with Crippen LogP contribution in [-0.2, 0) is 16.8 Å². The Bertz CT molecular complexity index is 819. The first kappa shape index (κ1) is 18.0. The Morgan fingerprint density at radius 3 is 2.27 bits per heavy atom. The normalized spacial score (nSPS) is 13.2. The van der Waals surface area contributed by atoms with Crippen LogP contribution < -0.4 is 14.8 Å². The Kier molecular flexibility index (Phi) is 4.98. The molecule has 1 N–H and O–H groups in total. The third kappa shape index (κ3) is 4.04. The van der Waals surface area contributed by atoms with E-state index < -0.39 is 11.7 Å². The number of rotatable bonds is 4. The van der Waals surface area contributed by atoms with Gasteiger partial charge in [0.1, 0.15) is 13.2 Å². The SMILES string of the molecule is CC(C)(C)c1ccc(C(=O)C(=O)NCc2ccc3c(c2)OCCO3)cc1. The highest BCUT2D eigenvalue weighted by atomic mass is 16.6. The van der Waals surface area contributed by atoms with Gasteiger partial charge in [-0.2, -0.15) is 0 Å². The fraction of sp³-hybridized carbons (Fsp3) is 0.333. The lowest BCUT2D eigenvalue weighted by molar-refractivity contribution is -0.117. The maximum Gasteiger partial charge on any atom is 0.292 e. The minimum absolute atomic E-state index is 0.00205. The van der Waals surface area contributed by atoms with Gasteiger partial charge >= 0.3 is 0 Å². The molecular weight excluding hydrogens is 330 g/mol. The summed E-state index contributed by atoms with van der Waals surface area (Å²) < 4.78 is 11.0. The van der Waals surface area contributed by atoms with Crippen LogP contribution in [0.25, 0.3) is 0 Å². The van der Waals surface area contributed by atoms with Crippen LogP contribution in [0.5, 0.6) is 11.5 Å². The molecule has 0 spiro atoms. The molecular formula is C21H23NO4. The highest BCUT2D eigenvalue weighted by Crippen LogP contribution is 2.30. The molecule has 0 aromatic heterocycles. The predicted octanol–water partition coefficient (Wildman–Crippen LogP) is 3.25. The number of nitrogens with one attached hydrogen (secondary N) is 1. The molecule has 2 aromatic carbocycles. The predicted molar refractivity (Wildman–Crippen MR) is 98.8 cm³/mol. The molecule has 0 atom stereocenters. The summed E-state index contributed by atoms with van der Waals surface area (Å²) in [5.41, 5.74) is 2.35. The topological polar surface area (TPSA) is 64.6 Å². The zero-order chi connectivity index (χ0) is 18.7. The second kappa shape index (κ2) is 7.20. The monoisotopic (exact) mass is 353 g/mol. The minimum atomic E-state index is -0.622. The number of fused-ring (bicyclic) bond motifs is 1. The van der Waals surface area contributed by atoms with Gasteiger partial charge < -0.3 is 14.8 Å². The Morgan fingerprint density at radius 1 is 0.962 bits per heavy atom. The molecule has 0 saturated heterocycles. The van der Waals surface area contributed by atoms with Crippen molar-refractivity contribution in [2.45, 2.75) is 32.7 Å². The highest BCUT2D eigenvalue weighted by Gasteiger charge is 2.19. The number of hydrogen-bond acceptors (Lipinski definition) is 4. The van der Waals surface area contributed by atoms with Gasteiger partial charge in [-0.1, -0.05) is 51.1 Å². The Balaban J connectivity index is 1.62. The quantitative estimate of drug-likeness (QED) is 0.677. The summed E-state index contributed by atoms with van der Waals surface area (Å²) in [6.07, 6.45) is 0. The van der Waals surface area contributed by atoms with E-state index in [0.29, 0.717) is 30.3 Å². The number of carbonyl (C=O) groups is 2. The Hall–Kier alpha value is -2.82. The number of Topliss-reactive ketones (excluding diaryl/α,β-unsaturated/α-hetero) is 1. The average Bonchev–Trinajstić information content (AvgIpc) is 2.64. The molecule has 0 saturated carbocycles. The van der Waals surface area contributed by atoms with E-state index in [-0.39, 0.29) is 12.0 Å². The van der Waals surface area contributed by atoms with E-state index in [1.54, 1.807) is 12.1 Å². The molecule has 1 amide bonds. The van der Waals surface area contributed by atoms with Gasteiger partial charge in [0, 0.05) is 12.1 Å². The molecule has 0 bridgehead atoms. The van der Waals surface area contributed by atoms with Crippen molar-refractivity contribution in [2.75, 3.05) is 13.2 Å². The van der Waals surface area contributed by atoms with Gasteiger partial charge in [-0.25, -0.2) is 0 Å². The smallest absolute Gasteiger partial charge is 0.292 e. The lowest BCUT2D eigenvalue weighted by Crippen LogP contribution is -2.30. The fourth-order valence-electron chi connectivity index (χ4n) is 2.71. The van der Waals surface area contributed by atoms with Crippen molar-refractivity contribution >= 4 is 11.7 Å². The first-order chi connectivity index (χ1) is 12.3. The van der Waals surface area contributed by atoms with E-state index in [1.165, 1.54) is 0 Å². The molecule has 5 nitrogen and oxygen atoms in total. The third-order valence-corrected chi connectivity index (χ3v) is 4.28. The fourth-order valence-corrected chi connectivity index (χ4v) is 2.71. The minimum Gasteiger partial charge on any atom is -0.486 e. The van der Waals surface area contributed by atoms with E-state index in [9.17, 15) is 9.59 Å². The maximum atomic E-state index is 12.3. The molecule has 0 unspecified atom stereocenters. The van der Waals surface area contributed by atoms with E-state index >= 15 is 0 Å². The summed E-state index contributed by atoms with van der Waals surface area (Å²) in [4.78, 5) is 24.5. The molecule has 0 radical (unpaired) electrons. The third-order valence-electron chi connectivity index (χ3n) is 4.28. The van der Waals surface area contributed by atoms with Crippen LogP contribution >= 0.6 is 0 Å². The van der Waals surface area contributed by atoms with Gasteiger partial charge in [0.25, 0.3) is 5.91 Å². The van der Waals surface area contributed by atoms with Gasteiger partial charge in [0.15, 0.2) is 11.5 Å². The molecule has 1 aliphatic rings. The van der Waals surface area contributed by atoms with Crippen LogP contribution in [0.4, 0.5) is 0 Å². The number of benzene rings is 2. The molecule has 1 aliphatic heterocycles. The van der Waals surface area contributed by atoms with Crippen LogP contribution in [0.3, 0.4) is 0 Å². The van der Waals surface area contributed by atoms with Crippen molar-refractivity contribution in [3.05, 3.63) is 59.2 Å². The van der Waals surface area contributed by atoms with Crippen LogP contribution in [0.2, 0.25) is 0 Å². The van der Waals surface area contributed by atoms with Gasteiger partial charge in [0.2, 0.25) is 5.78 Å². The van der Waals surface area contributed by atoms with E-state index in [1.807, 2.05) is 30.3 Å². The molecule has 2 aromatic rings. The first-order valence-electron chi connectivity index (χ1n) is 8.66. The maximum absolute atomic E-state index is 12.3. The Morgan fingerprint density at radius 2 is 1.62 bits per heavy atom. The zero-order valence-electron chi connectivity index (χ0n) is 15.3. The van der Waals surface area contributed by atoms with Gasteiger partial charge in [-0.3, -0.25) is 9.59 Å².